The molecular weight excluding hydrogens is 183 g/mol. The first kappa shape index (κ1) is 22.8. The van der Waals surface area contributed by atoms with Gasteiger partial charge in [0.05, 0.1) is 0 Å². The zero-order valence-corrected chi connectivity index (χ0v) is 8.24. The molecule has 0 bridgehead atoms. The molecule has 0 saturated heterocycles. The molecule has 0 unspecified atom stereocenters. The van der Waals surface area contributed by atoms with E-state index in [1.807, 2.05) is 13.8 Å². The van der Waals surface area contributed by atoms with E-state index in [4.69, 9.17) is 5.11 Å². The molecule has 0 aromatic heterocycles. The molecule has 4 heteroatoms. The van der Waals surface area contributed by atoms with Gasteiger partial charge in [-0.1, -0.05) is 13.8 Å². The first-order valence-electron chi connectivity index (χ1n) is 1.88. The van der Waals surface area contributed by atoms with Crippen molar-refractivity contribution in [3.05, 3.63) is 0 Å². The van der Waals surface area contributed by atoms with Gasteiger partial charge in [0, 0.05) is 28.3 Å². The molecule has 0 saturated carbocycles. The van der Waals surface area contributed by atoms with Crippen LogP contribution in [0.3, 0.4) is 0 Å². The molecule has 0 aromatic rings. The van der Waals surface area contributed by atoms with E-state index in [-0.39, 0.29) is 46.5 Å². The maximum atomic E-state index is 8.14. The molecule has 1 nitrogen and oxygen atoms in total. The summed E-state index contributed by atoms with van der Waals surface area (Å²) in [6, 6.07) is 0. The van der Waals surface area contributed by atoms with E-state index in [0.717, 1.165) is 0 Å². The molecule has 0 spiro atoms. The van der Waals surface area contributed by atoms with Crippen molar-refractivity contribution in [2.45, 2.75) is 13.8 Å². The fraction of sp³-hybridized carbons (Fsp3) is 1.00. The standard InChI is InChI=1S/C4H10O.2ClH.Ti/c1-4(2)3-5;;;/h4-5H,3H2,1-2H3;2*1H;. The molecular formula is C4H12Cl2OTi. The number of hydrogen-bond donors (Lipinski definition) is 1. The van der Waals surface area contributed by atoms with Crippen LogP contribution < -0.4 is 0 Å². The zero-order chi connectivity index (χ0) is 4.28. The minimum atomic E-state index is 0. The van der Waals surface area contributed by atoms with Gasteiger partial charge >= 0.3 is 0 Å². The van der Waals surface area contributed by atoms with Crippen molar-refractivity contribution >= 4 is 24.8 Å². The van der Waals surface area contributed by atoms with Crippen molar-refractivity contribution in [1.82, 2.24) is 0 Å². The molecule has 0 atom stereocenters. The summed E-state index contributed by atoms with van der Waals surface area (Å²) in [5.74, 6) is 0.440. The molecule has 0 aliphatic carbocycles. The average molecular weight is 195 g/mol. The van der Waals surface area contributed by atoms with Gasteiger partial charge in [-0.25, -0.2) is 0 Å². The Morgan fingerprint density at radius 1 is 1.25 bits per heavy atom. The third-order valence-corrected chi connectivity index (χ3v) is 0.365. The van der Waals surface area contributed by atoms with E-state index in [0.29, 0.717) is 12.5 Å². The average Bonchev–Trinajstić information content (AvgIpc) is 1.38. The number of aliphatic hydroxyl groups is 1. The number of rotatable bonds is 1. The SMILES string of the molecule is CC(C)CO.Cl.Cl.[Ti]. The van der Waals surface area contributed by atoms with E-state index in [1.54, 1.807) is 0 Å². The van der Waals surface area contributed by atoms with E-state index in [9.17, 15) is 0 Å². The molecule has 0 aromatic carbocycles. The van der Waals surface area contributed by atoms with Gasteiger partial charge in [-0.2, -0.15) is 0 Å². The fourth-order valence-electron chi connectivity index (χ4n) is 0. The smallest absolute Gasteiger partial charge is 0.0453 e. The Morgan fingerprint density at radius 2 is 1.38 bits per heavy atom. The summed E-state index contributed by atoms with van der Waals surface area (Å²) in [5.41, 5.74) is 0. The minimum Gasteiger partial charge on any atom is -0.396 e. The Labute approximate surface area is 77.9 Å². The van der Waals surface area contributed by atoms with Gasteiger partial charge in [0.1, 0.15) is 0 Å². The second-order valence-corrected chi connectivity index (χ2v) is 1.58. The quantitative estimate of drug-likeness (QED) is 0.628. The van der Waals surface area contributed by atoms with Gasteiger partial charge in [0.15, 0.2) is 0 Å². The van der Waals surface area contributed by atoms with Crippen LogP contribution in [0, 0.1) is 5.92 Å². The summed E-state index contributed by atoms with van der Waals surface area (Å²) in [5, 5.41) is 8.14. The van der Waals surface area contributed by atoms with Crippen molar-refractivity contribution in [2.75, 3.05) is 6.61 Å². The summed E-state index contributed by atoms with van der Waals surface area (Å²) < 4.78 is 0. The second kappa shape index (κ2) is 15.7. The van der Waals surface area contributed by atoms with Crippen LogP contribution in [0.25, 0.3) is 0 Å². The molecule has 0 amide bonds. The molecule has 0 heterocycles. The van der Waals surface area contributed by atoms with Crippen molar-refractivity contribution in [3.8, 4) is 0 Å². The Kier molecular flexibility index (Phi) is 44.9. The number of aliphatic hydroxyl groups excluding tert-OH is 1. The normalized spacial score (nSPS) is 6.00. The molecule has 8 heavy (non-hydrogen) atoms. The minimum absolute atomic E-state index is 0. The van der Waals surface area contributed by atoms with E-state index in [1.165, 1.54) is 0 Å². The fourth-order valence-corrected chi connectivity index (χ4v) is 0. The molecule has 0 rings (SSSR count). The summed E-state index contributed by atoms with van der Waals surface area (Å²) in [6.45, 7) is 4.25. The Hall–Kier alpha value is 1.25. The summed E-state index contributed by atoms with van der Waals surface area (Å²) in [4.78, 5) is 0. The molecule has 1 N–H and O–H groups in total. The third-order valence-electron chi connectivity index (χ3n) is 0.365. The first-order chi connectivity index (χ1) is 2.27. The van der Waals surface area contributed by atoms with E-state index < -0.39 is 0 Å². The van der Waals surface area contributed by atoms with E-state index in [2.05, 4.69) is 0 Å². The van der Waals surface area contributed by atoms with Crippen LogP contribution in [0.1, 0.15) is 13.8 Å². The number of halogens is 2. The summed E-state index contributed by atoms with van der Waals surface area (Å²) >= 11 is 0. The van der Waals surface area contributed by atoms with Gasteiger partial charge in [-0.3, -0.25) is 0 Å². The van der Waals surface area contributed by atoms with Crippen LogP contribution in [-0.4, -0.2) is 11.7 Å². The van der Waals surface area contributed by atoms with Gasteiger partial charge in [0.25, 0.3) is 0 Å². The van der Waals surface area contributed by atoms with Crippen LogP contribution >= 0.6 is 24.8 Å². The second-order valence-electron chi connectivity index (χ2n) is 1.58. The van der Waals surface area contributed by atoms with Crippen LogP contribution in [0.5, 0.6) is 0 Å². The van der Waals surface area contributed by atoms with Gasteiger partial charge in [-0.15, -0.1) is 24.8 Å². The van der Waals surface area contributed by atoms with Crippen LogP contribution in [0.4, 0.5) is 0 Å². The number of hydrogen-bond acceptors (Lipinski definition) is 1. The largest absolute Gasteiger partial charge is 0.396 e. The third kappa shape index (κ3) is 26.8. The molecule has 0 radical (unpaired) electrons. The monoisotopic (exact) mass is 194 g/mol. The Bertz CT molecular complexity index is 28.0. The maximum Gasteiger partial charge on any atom is 0.0453 e. The van der Waals surface area contributed by atoms with Crippen molar-refractivity contribution in [2.24, 2.45) is 5.92 Å². The Balaban J connectivity index is -0.0000000267. The topological polar surface area (TPSA) is 20.2 Å². The van der Waals surface area contributed by atoms with Gasteiger partial charge in [-0.05, 0) is 5.92 Å². The van der Waals surface area contributed by atoms with Crippen molar-refractivity contribution in [1.29, 1.82) is 0 Å². The van der Waals surface area contributed by atoms with E-state index >= 15 is 0 Å². The van der Waals surface area contributed by atoms with Gasteiger partial charge < -0.3 is 5.11 Å². The van der Waals surface area contributed by atoms with Crippen LogP contribution in [-0.2, 0) is 21.7 Å². The molecule has 52 valence electrons. The van der Waals surface area contributed by atoms with Gasteiger partial charge in [0.2, 0.25) is 0 Å². The first-order valence-corrected chi connectivity index (χ1v) is 1.88. The van der Waals surface area contributed by atoms with Crippen LogP contribution in [0.15, 0.2) is 0 Å². The Morgan fingerprint density at radius 3 is 1.38 bits per heavy atom. The maximum absolute atomic E-state index is 8.14. The van der Waals surface area contributed by atoms with Crippen molar-refractivity contribution in [3.63, 3.8) is 0 Å². The predicted octanol–water partition coefficient (Wildman–Crippen LogP) is 1.48. The molecule has 0 aliphatic rings. The van der Waals surface area contributed by atoms with Crippen LogP contribution in [0.2, 0.25) is 0 Å². The molecule has 0 aliphatic heterocycles. The molecule has 0 fully saturated rings. The predicted molar refractivity (Wildman–Crippen MR) is 36.4 cm³/mol. The summed E-state index contributed by atoms with van der Waals surface area (Å²) in [7, 11) is 0. The zero-order valence-electron chi connectivity index (χ0n) is 5.05. The van der Waals surface area contributed by atoms with Crippen molar-refractivity contribution < 1.29 is 26.8 Å². The summed E-state index contributed by atoms with van der Waals surface area (Å²) in [6.07, 6.45) is 0.